The molecule has 0 saturated heterocycles. The molecule has 0 bridgehead atoms. The Bertz CT molecular complexity index is 407. The number of nitrogens with two attached hydrogens (primary N) is 1. The highest BCUT2D eigenvalue weighted by atomic mass is 16.2. The predicted molar refractivity (Wildman–Crippen MR) is 75.3 cm³/mol. The second-order valence-corrected chi connectivity index (χ2v) is 5.30. The molecule has 1 aromatic rings. The van der Waals surface area contributed by atoms with Crippen LogP contribution >= 0.6 is 0 Å². The third-order valence-corrected chi connectivity index (χ3v) is 3.84. The van der Waals surface area contributed by atoms with Gasteiger partial charge >= 0.3 is 0 Å². The molecule has 1 fully saturated rings. The SMILES string of the molecule is CCN(Cc1ccccn1)C(=O)C1CCCC(N)C1. The molecule has 4 nitrogen and oxygen atoms in total. The van der Waals surface area contributed by atoms with Gasteiger partial charge < -0.3 is 10.6 Å². The van der Waals surface area contributed by atoms with Crippen LogP contribution in [0.3, 0.4) is 0 Å². The van der Waals surface area contributed by atoms with Crippen molar-refractivity contribution in [1.29, 1.82) is 0 Å². The van der Waals surface area contributed by atoms with Crippen molar-refractivity contribution in [3.8, 4) is 0 Å². The number of amides is 1. The standard InChI is InChI=1S/C15H23N3O/c1-2-18(11-14-8-3-4-9-17-14)15(19)12-6-5-7-13(16)10-12/h3-4,8-9,12-13H,2,5-7,10-11,16H2,1H3. The van der Waals surface area contributed by atoms with Crippen LogP contribution < -0.4 is 5.73 Å². The van der Waals surface area contributed by atoms with Crippen LogP contribution in [0.2, 0.25) is 0 Å². The first kappa shape index (κ1) is 14.0. The number of aromatic nitrogens is 1. The predicted octanol–water partition coefficient (Wildman–Crippen LogP) is 1.95. The maximum absolute atomic E-state index is 12.5. The molecule has 1 heterocycles. The molecule has 0 radical (unpaired) electrons. The number of hydrogen-bond donors (Lipinski definition) is 1. The summed E-state index contributed by atoms with van der Waals surface area (Å²) in [6, 6.07) is 6.00. The van der Waals surface area contributed by atoms with Gasteiger partial charge in [0.25, 0.3) is 0 Å². The summed E-state index contributed by atoms with van der Waals surface area (Å²) in [5, 5.41) is 0. The van der Waals surface area contributed by atoms with Crippen LogP contribution in [0.1, 0.15) is 38.3 Å². The van der Waals surface area contributed by atoms with Gasteiger partial charge in [-0.3, -0.25) is 9.78 Å². The molecule has 1 saturated carbocycles. The molecule has 2 rings (SSSR count). The second kappa shape index (κ2) is 6.66. The first-order valence-corrected chi connectivity index (χ1v) is 7.15. The topological polar surface area (TPSA) is 59.2 Å². The molecule has 1 aliphatic carbocycles. The van der Waals surface area contributed by atoms with Crippen molar-refractivity contribution in [2.24, 2.45) is 11.7 Å². The van der Waals surface area contributed by atoms with Crippen molar-refractivity contribution in [2.75, 3.05) is 6.54 Å². The Balaban J connectivity index is 1.98. The van der Waals surface area contributed by atoms with Gasteiger partial charge in [0.2, 0.25) is 5.91 Å². The van der Waals surface area contributed by atoms with E-state index in [4.69, 9.17) is 5.73 Å². The van der Waals surface area contributed by atoms with Gasteiger partial charge in [0, 0.05) is 24.7 Å². The maximum Gasteiger partial charge on any atom is 0.226 e. The van der Waals surface area contributed by atoms with Crippen molar-refractivity contribution < 1.29 is 4.79 Å². The lowest BCUT2D eigenvalue weighted by atomic mass is 9.85. The Morgan fingerprint density at radius 2 is 2.32 bits per heavy atom. The fourth-order valence-corrected chi connectivity index (χ4v) is 2.74. The normalized spacial score (nSPS) is 23.1. The number of carbonyl (C=O) groups excluding carboxylic acids is 1. The van der Waals surface area contributed by atoms with Crippen LogP contribution in [0.5, 0.6) is 0 Å². The molecule has 1 amide bonds. The smallest absolute Gasteiger partial charge is 0.226 e. The average Bonchev–Trinajstić information content (AvgIpc) is 2.45. The molecular formula is C15H23N3O. The zero-order valence-corrected chi connectivity index (χ0v) is 11.6. The van der Waals surface area contributed by atoms with Gasteiger partial charge in [-0.15, -0.1) is 0 Å². The zero-order valence-electron chi connectivity index (χ0n) is 11.6. The Morgan fingerprint density at radius 1 is 1.47 bits per heavy atom. The van der Waals surface area contributed by atoms with Gasteiger partial charge in [0.15, 0.2) is 0 Å². The molecule has 2 unspecified atom stereocenters. The average molecular weight is 261 g/mol. The molecule has 19 heavy (non-hydrogen) atoms. The van der Waals surface area contributed by atoms with Gasteiger partial charge in [-0.2, -0.15) is 0 Å². The Labute approximate surface area is 115 Å². The van der Waals surface area contributed by atoms with Gasteiger partial charge in [0.05, 0.1) is 12.2 Å². The van der Waals surface area contributed by atoms with E-state index < -0.39 is 0 Å². The molecule has 2 atom stereocenters. The van der Waals surface area contributed by atoms with Crippen LogP contribution in [0, 0.1) is 5.92 Å². The van der Waals surface area contributed by atoms with Crippen molar-refractivity contribution in [2.45, 2.75) is 45.2 Å². The summed E-state index contributed by atoms with van der Waals surface area (Å²) in [6.45, 7) is 3.34. The lowest BCUT2D eigenvalue weighted by Gasteiger charge is -2.30. The molecule has 2 N–H and O–H groups in total. The third-order valence-electron chi connectivity index (χ3n) is 3.84. The molecule has 4 heteroatoms. The highest BCUT2D eigenvalue weighted by molar-refractivity contribution is 5.79. The lowest BCUT2D eigenvalue weighted by molar-refractivity contribution is -0.137. The molecule has 1 aliphatic rings. The van der Waals surface area contributed by atoms with E-state index in [0.717, 1.165) is 37.9 Å². The molecule has 0 aliphatic heterocycles. The molecule has 104 valence electrons. The van der Waals surface area contributed by atoms with Crippen molar-refractivity contribution >= 4 is 5.91 Å². The quantitative estimate of drug-likeness (QED) is 0.901. The van der Waals surface area contributed by atoms with E-state index in [1.165, 1.54) is 0 Å². The first-order chi connectivity index (χ1) is 9.20. The summed E-state index contributed by atoms with van der Waals surface area (Å²) in [5.41, 5.74) is 6.92. The summed E-state index contributed by atoms with van der Waals surface area (Å²) in [7, 11) is 0. The van der Waals surface area contributed by atoms with Crippen LogP contribution in [0.15, 0.2) is 24.4 Å². The van der Waals surface area contributed by atoms with Crippen molar-refractivity contribution in [1.82, 2.24) is 9.88 Å². The molecule has 1 aromatic heterocycles. The van der Waals surface area contributed by atoms with Crippen molar-refractivity contribution in [3.05, 3.63) is 30.1 Å². The van der Waals surface area contributed by atoms with E-state index in [0.29, 0.717) is 6.54 Å². The fraction of sp³-hybridized carbons (Fsp3) is 0.600. The van der Waals surface area contributed by atoms with E-state index in [1.54, 1.807) is 6.20 Å². The van der Waals surface area contributed by atoms with E-state index in [2.05, 4.69) is 4.98 Å². The number of nitrogens with zero attached hydrogens (tertiary/aromatic N) is 2. The molecular weight excluding hydrogens is 238 g/mol. The zero-order chi connectivity index (χ0) is 13.7. The highest BCUT2D eigenvalue weighted by Crippen LogP contribution is 2.25. The van der Waals surface area contributed by atoms with Crippen molar-refractivity contribution in [3.63, 3.8) is 0 Å². The third kappa shape index (κ3) is 3.77. The molecule has 0 aromatic carbocycles. The van der Waals surface area contributed by atoms with Gasteiger partial charge in [0.1, 0.15) is 0 Å². The number of hydrogen-bond acceptors (Lipinski definition) is 3. The maximum atomic E-state index is 12.5. The van der Waals surface area contributed by atoms with Gasteiger partial charge in [-0.1, -0.05) is 12.5 Å². The first-order valence-electron chi connectivity index (χ1n) is 7.15. The minimum absolute atomic E-state index is 0.104. The van der Waals surface area contributed by atoms with Gasteiger partial charge in [-0.05, 0) is 38.3 Å². The van der Waals surface area contributed by atoms with Crippen LogP contribution in [0.4, 0.5) is 0 Å². The monoisotopic (exact) mass is 261 g/mol. The number of rotatable bonds is 4. The number of carbonyl (C=O) groups is 1. The highest BCUT2D eigenvalue weighted by Gasteiger charge is 2.28. The summed E-state index contributed by atoms with van der Waals surface area (Å²) >= 11 is 0. The minimum atomic E-state index is 0.104. The second-order valence-electron chi connectivity index (χ2n) is 5.30. The summed E-state index contributed by atoms with van der Waals surface area (Å²) < 4.78 is 0. The Morgan fingerprint density at radius 3 is 2.95 bits per heavy atom. The lowest BCUT2D eigenvalue weighted by Crippen LogP contribution is -2.40. The minimum Gasteiger partial charge on any atom is -0.337 e. The van der Waals surface area contributed by atoms with E-state index in [-0.39, 0.29) is 17.9 Å². The number of pyridine rings is 1. The summed E-state index contributed by atoms with van der Waals surface area (Å²) in [6.07, 6.45) is 5.70. The summed E-state index contributed by atoms with van der Waals surface area (Å²) in [4.78, 5) is 18.7. The molecule has 0 spiro atoms. The van der Waals surface area contributed by atoms with E-state index >= 15 is 0 Å². The Hall–Kier alpha value is -1.42. The van der Waals surface area contributed by atoms with Crippen LogP contribution in [-0.4, -0.2) is 28.4 Å². The van der Waals surface area contributed by atoms with Crippen LogP contribution in [-0.2, 0) is 11.3 Å². The van der Waals surface area contributed by atoms with Gasteiger partial charge in [-0.25, -0.2) is 0 Å². The largest absolute Gasteiger partial charge is 0.337 e. The van der Waals surface area contributed by atoms with E-state index in [9.17, 15) is 4.79 Å². The fourth-order valence-electron chi connectivity index (χ4n) is 2.74. The van der Waals surface area contributed by atoms with E-state index in [1.807, 2.05) is 30.0 Å². The summed E-state index contributed by atoms with van der Waals surface area (Å²) in [5.74, 6) is 0.343. The van der Waals surface area contributed by atoms with Crippen LogP contribution in [0.25, 0.3) is 0 Å². The Kier molecular flexibility index (Phi) is 4.91.